The Morgan fingerprint density at radius 1 is 0.962 bits per heavy atom. The summed E-state index contributed by atoms with van der Waals surface area (Å²) in [6, 6.07) is 12.3. The van der Waals surface area contributed by atoms with Crippen LogP contribution in [0.25, 0.3) is 11.0 Å². The number of para-hydroxylation sites is 1. The van der Waals surface area contributed by atoms with E-state index in [2.05, 4.69) is 15.5 Å². The largest absolute Gasteiger partial charge is 0.354 e. The van der Waals surface area contributed by atoms with Crippen molar-refractivity contribution in [3.8, 4) is 0 Å². The fraction of sp³-hybridized carbons (Fsp3) is 0.222. The van der Waals surface area contributed by atoms with Crippen molar-refractivity contribution in [1.29, 1.82) is 0 Å². The number of urea groups is 1. The van der Waals surface area contributed by atoms with E-state index in [1.165, 1.54) is 0 Å². The van der Waals surface area contributed by atoms with Crippen LogP contribution in [0.15, 0.2) is 53.2 Å². The van der Waals surface area contributed by atoms with Crippen molar-refractivity contribution < 1.29 is 14.1 Å². The van der Waals surface area contributed by atoms with Gasteiger partial charge in [0.15, 0.2) is 11.4 Å². The average Bonchev–Trinajstić information content (AvgIpc) is 3.11. The molecule has 0 bridgehead atoms. The number of carbonyl (C=O) groups excluding carboxylic acids is 2. The highest BCUT2D eigenvalue weighted by Gasteiger charge is 2.26. The van der Waals surface area contributed by atoms with Gasteiger partial charge in [0, 0.05) is 32.4 Å². The van der Waals surface area contributed by atoms with Gasteiger partial charge in [-0.3, -0.25) is 15.1 Å². The molecule has 8 heteroatoms. The molecule has 1 aliphatic heterocycles. The summed E-state index contributed by atoms with van der Waals surface area (Å²) in [5.41, 5.74) is 1.04. The number of rotatable bonds is 2. The van der Waals surface area contributed by atoms with Crippen molar-refractivity contribution in [3.63, 3.8) is 0 Å². The second-order valence-electron chi connectivity index (χ2n) is 5.95. The van der Waals surface area contributed by atoms with E-state index in [0.717, 1.165) is 5.39 Å². The van der Waals surface area contributed by atoms with Crippen LogP contribution in [-0.4, -0.2) is 58.1 Å². The number of fused-ring (bicyclic) bond motifs is 1. The Balaban J connectivity index is 1.37. The highest BCUT2D eigenvalue weighted by Crippen LogP contribution is 2.22. The second kappa shape index (κ2) is 6.83. The van der Waals surface area contributed by atoms with E-state index in [-0.39, 0.29) is 11.9 Å². The summed E-state index contributed by atoms with van der Waals surface area (Å²) in [6.07, 6.45) is 1.60. The van der Waals surface area contributed by atoms with Crippen LogP contribution in [0.2, 0.25) is 0 Å². The van der Waals surface area contributed by atoms with Gasteiger partial charge in [0.25, 0.3) is 5.91 Å². The fourth-order valence-electron chi connectivity index (χ4n) is 2.92. The van der Waals surface area contributed by atoms with Crippen molar-refractivity contribution in [1.82, 2.24) is 19.9 Å². The SMILES string of the molecule is O=C(Nc1noc2ccccc12)N1CCN(C(=O)c2ccccn2)CC1. The molecule has 0 radical (unpaired) electrons. The third kappa shape index (κ3) is 3.08. The van der Waals surface area contributed by atoms with Crippen molar-refractivity contribution in [3.05, 3.63) is 54.4 Å². The van der Waals surface area contributed by atoms with Crippen molar-refractivity contribution in [2.75, 3.05) is 31.5 Å². The molecular weight excluding hydrogens is 334 g/mol. The molecular formula is C18H17N5O3. The molecule has 26 heavy (non-hydrogen) atoms. The number of carbonyl (C=O) groups is 2. The molecule has 1 aliphatic rings. The molecule has 0 atom stereocenters. The average molecular weight is 351 g/mol. The second-order valence-corrected chi connectivity index (χ2v) is 5.95. The zero-order chi connectivity index (χ0) is 17.9. The van der Waals surface area contributed by atoms with E-state index in [1.807, 2.05) is 18.2 Å². The lowest BCUT2D eigenvalue weighted by Gasteiger charge is -2.34. The molecule has 0 unspecified atom stereocenters. The lowest BCUT2D eigenvalue weighted by atomic mass is 10.2. The van der Waals surface area contributed by atoms with Gasteiger partial charge in [-0.2, -0.15) is 0 Å². The predicted octanol–water partition coefficient (Wildman–Crippen LogP) is 2.21. The molecule has 8 nitrogen and oxygen atoms in total. The fourth-order valence-corrected chi connectivity index (χ4v) is 2.92. The maximum absolute atomic E-state index is 12.5. The lowest BCUT2D eigenvalue weighted by Crippen LogP contribution is -2.51. The van der Waals surface area contributed by atoms with Gasteiger partial charge in [-0.15, -0.1) is 0 Å². The summed E-state index contributed by atoms with van der Waals surface area (Å²) >= 11 is 0. The highest BCUT2D eigenvalue weighted by molar-refractivity contribution is 5.98. The van der Waals surface area contributed by atoms with Crippen LogP contribution in [-0.2, 0) is 0 Å². The molecule has 4 rings (SSSR count). The number of nitrogens with zero attached hydrogens (tertiary/aromatic N) is 4. The van der Waals surface area contributed by atoms with Crippen molar-refractivity contribution >= 4 is 28.7 Å². The molecule has 2 aromatic heterocycles. The van der Waals surface area contributed by atoms with Gasteiger partial charge in [0.05, 0.1) is 5.39 Å². The molecule has 1 fully saturated rings. The molecule has 3 aromatic rings. The van der Waals surface area contributed by atoms with Gasteiger partial charge in [-0.1, -0.05) is 23.4 Å². The first-order chi connectivity index (χ1) is 12.7. The zero-order valence-corrected chi connectivity index (χ0v) is 14.0. The van der Waals surface area contributed by atoms with Crippen LogP contribution in [0.4, 0.5) is 10.6 Å². The Kier molecular flexibility index (Phi) is 4.22. The Hall–Kier alpha value is -3.42. The minimum absolute atomic E-state index is 0.117. The maximum atomic E-state index is 12.5. The minimum atomic E-state index is -0.256. The Morgan fingerprint density at radius 2 is 1.69 bits per heavy atom. The monoisotopic (exact) mass is 351 g/mol. The molecule has 3 heterocycles. The normalized spacial score (nSPS) is 14.5. The predicted molar refractivity (Wildman–Crippen MR) is 94.7 cm³/mol. The molecule has 1 N–H and O–H groups in total. The van der Waals surface area contributed by atoms with Crippen LogP contribution in [0.5, 0.6) is 0 Å². The van der Waals surface area contributed by atoms with E-state index in [4.69, 9.17) is 4.52 Å². The number of benzene rings is 1. The molecule has 3 amide bonds. The van der Waals surface area contributed by atoms with E-state index >= 15 is 0 Å². The van der Waals surface area contributed by atoms with Crippen LogP contribution in [0.1, 0.15) is 10.5 Å². The molecule has 1 aromatic carbocycles. The van der Waals surface area contributed by atoms with Gasteiger partial charge in [0.2, 0.25) is 0 Å². The van der Waals surface area contributed by atoms with Crippen LogP contribution in [0, 0.1) is 0 Å². The topological polar surface area (TPSA) is 91.6 Å². The third-order valence-electron chi connectivity index (χ3n) is 4.34. The number of amides is 3. The number of pyridine rings is 1. The summed E-state index contributed by atoms with van der Waals surface area (Å²) < 4.78 is 5.19. The summed E-state index contributed by atoms with van der Waals surface area (Å²) in [5.74, 6) is 0.283. The van der Waals surface area contributed by atoms with Gasteiger partial charge in [0.1, 0.15) is 5.69 Å². The van der Waals surface area contributed by atoms with E-state index < -0.39 is 0 Å². The number of aromatic nitrogens is 2. The third-order valence-corrected chi connectivity index (χ3v) is 4.34. The molecule has 0 saturated carbocycles. The standard InChI is InChI=1S/C18H17N5O3/c24-17(14-6-3-4-8-19-14)22-9-11-23(12-10-22)18(25)20-16-13-5-1-2-7-15(13)26-21-16/h1-8H,9-12H2,(H,20,21,25). The maximum Gasteiger partial charge on any atom is 0.323 e. The summed E-state index contributed by atoms with van der Waals surface area (Å²) in [7, 11) is 0. The first kappa shape index (κ1) is 16.1. The van der Waals surface area contributed by atoms with Crippen LogP contribution in [0.3, 0.4) is 0 Å². The number of nitrogens with one attached hydrogen (secondary N) is 1. The number of hydrogen-bond acceptors (Lipinski definition) is 5. The Morgan fingerprint density at radius 3 is 2.46 bits per heavy atom. The van der Waals surface area contributed by atoms with Crippen LogP contribution < -0.4 is 5.32 Å². The van der Waals surface area contributed by atoms with E-state index in [0.29, 0.717) is 43.3 Å². The molecule has 132 valence electrons. The molecule has 1 saturated heterocycles. The smallest absolute Gasteiger partial charge is 0.323 e. The van der Waals surface area contributed by atoms with Gasteiger partial charge in [-0.25, -0.2) is 4.79 Å². The summed E-state index contributed by atoms with van der Waals surface area (Å²) in [6.45, 7) is 1.81. The van der Waals surface area contributed by atoms with Gasteiger partial charge >= 0.3 is 6.03 Å². The highest BCUT2D eigenvalue weighted by atomic mass is 16.5. The van der Waals surface area contributed by atoms with Crippen molar-refractivity contribution in [2.45, 2.75) is 0 Å². The van der Waals surface area contributed by atoms with E-state index in [9.17, 15) is 9.59 Å². The Labute approximate surface area is 149 Å². The quantitative estimate of drug-likeness (QED) is 0.764. The Bertz CT molecular complexity index is 932. The summed E-state index contributed by atoms with van der Waals surface area (Å²) in [5, 5.41) is 7.44. The molecule has 0 spiro atoms. The summed E-state index contributed by atoms with van der Waals surface area (Å²) in [4.78, 5) is 32.3. The number of hydrogen-bond donors (Lipinski definition) is 1. The number of anilines is 1. The first-order valence-corrected chi connectivity index (χ1v) is 8.33. The lowest BCUT2D eigenvalue weighted by molar-refractivity contribution is 0.0666. The van der Waals surface area contributed by atoms with E-state index in [1.54, 1.807) is 40.3 Å². The zero-order valence-electron chi connectivity index (χ0n) is 14.0. The van der Waals surface area contributed by atoms with Crippen molar-refractivity contribution in [2.24, 2.45) is 0 Å². The molecule has 0 aliphatic carbocycles. The van der Waals surface area contributed by atoms with Crippen LogP contribution >= 0.6 is 0 Å². The van der Waals surface area contributed by atoms with Gasteiger partial charge in [-0.05, 0) is 24.3 Å². The van der Waals surface area contributed by atoms with Gasteiger partial charge < -0.3 is 14.3 Å². The number of piperazine rings is 1. The minimum Gasteiger partial charge on any atom is -0.354 e. The first-order valence-electron chi connectivity index (χ1n) is 8.33.